The van der Waals surface area contributed by atoms with Gasteiger partial charge >= 0.3 is 0 Å². The first-order valence-corrected chi connectivity index (χ1v) is 8.02. The van der Waals surface area contributed by atoms with Crippen molar-refractivity contribution in [3.8, 4) is 0 Å². The fourth-order valence-electron chi connectivity index (χ4n) is 2.85. The van der Waals surface area contributed by atoms with Crippen LogP contribution in [-0.4, -0.2) is 30.7 Å². The van der Waals surface area contributed by atoms with Gasteiger partial charge in [0.15, 0.2) is 5.13 Å². The van der Waals surface area contributed by atoms with Crippen LogP contribution in [0.2, 0.25) is 0 Å². The van der Waals surface area contributed by atoms with Gasteiger partial charge in [0.2, 0.25) is 0 Å². The summed E-state index contributed by atoms with van der Waals surface area (Å²) in [5.41, 5.74) is 3.85. The molecule has 106 valence electrons. The quantitative estimate of drug-likeness (QED) is 0.843. The van der Waals surface area contributed by atoms with Crippen molar-refractivity contribution in [3.05, 3.63) is 40.9 Å². The van der Waals surface area contributed by atoms with Crippen LogP contribution in [0.1, 0.15) is 18.2 Å². The molecule has 1 aromatic heterocycles. The lowest BCUT2D eigenvalue weighted by molar-refractivity contribution is 0.549. The van der Waals surface area contributed by atoms with Gasteiger partial charge in [-0.1, -0.05) is 18.2 Å². The zero-order valence-corrected chi connectivity index (χ0v) is 13.2. The van der Waals surface area contributed by atoms with Crippen molar-refractivity contribution < 1.29 is 0 Å². The second kappa shape index (κ2) is 5.44. The predicted molar refractivity (Wildman–Crippen MR) is 87.1 cm³/mol. The number of thiazole rings is 1. The maximum Gasteiger partial charge on any atom is 0.185 e. The van der Waals surface area contributed by atoms with E-state index in [1.165, 1.54) is 16.4 Å². The van der Waals surface area contributed by atoms with Gasteiger partial charge in [-0.2, -0.15) is 0 Å². The molecule has 0 aliphatic carbocycles. The summed E-state index contributed by atoms with van der Waals surface area (Å²) in [7, 11) is 0. The standard InChI is InChI=1S/C16H21N3S/c1-12-6-4-5-7-15(12)18-8-9-19(14(3)10-18)16-17-13(2)11-20-16/h4-7,11,14H,8-10H2,1-3H3/t14-/m1/s1. The van der Waals surface area contributed by atoms with Gasteiger partial charge in [-0.05, 0) is 32.4 Å². The van der Waals surface area contributed by atoms with E-state index in [0.717, 1.165) is 25.3 Å². The number of hydrogen-bond acceptors (Lipinski definition) is 4. The van der Waals surface area contributed by atoms with Crippen LogP contribution in [0.3, 0.4) is 0 Å². The minimum atomic E-state index is 0.494. The first kappa shape index (κ1) is 13.4. The van der Waals surface area contributed by atoms with Crippen LogP contribution in [0.4, 0.5) is 10.8 Å². The highest BCUT2D eigenvalue weighted by molar-refractivity contribution is 7.13. The summed E-state index contributed by atoms with van der Waals surface area (Å²) in [5.74, 6) is 0. The summed E-state index contributed by atoms with van der Waals surface area (Å²) < 4.78 is 0. The van der Waals surface area contributed by atoms with Gasteiger partial charge in [0.05, 0.1) is 5.69 Å². The average Bonchev–Trinajstić information content (AvgIpc) is 2.85. The highest BCUT2D eigenvalue weighted by Gasteiger charge is 2.26. The molecule has 0 unspecified atom stereocenters. The van der Waals surface area contributed by atoms with Crippen molar-refractivity contribution in [1.82, 2.24) is 4.98 Å². The van der Waals surface area contributed by atoms with Gasteiger partial charge in [-0.15, -0.1) is 11.3 Å². The van der Waals surface area contributed by atoms with E-state index in [4.69, 9.17) is 0 Å². The number of nitrogens with zero attached hydrogens (tertiary/aromatic N) is 3. The van der Waals surface area contributed by atoms with Gasteiger partial charge in [-0.3, -0.25) is 0 Å². The molecule has 0 amide bonds. The van der Waals surface area contributed by atoms with Gasteiger partial charge in [0.25, 0.3) is 0 Å². The van der Waals surface area contributed by atoms with Crippen molar-refractivity contribution in [2.24, 2.45) is 0 Å². The van der Waals surface area contributed by atoms with Crippen molar-refractivity contribution in [2.45, 2.75) is 26.8 Å². The Bertz CT molecular complexity index is 593. The Labute approximate surface area is 124 Å². The minimum absolute atomic E-state index is 0.494. The number of rotatable bonds is 2. The number of aromatic nitrogens is 1. The van der Waals surface area contributed by atoms with Crippen LogP contribution in [0, 0.1) is 13.8 Å². The molecule has 1 aliphatic heterocycles. The average molecular weight is 287 g/mol. The molecule has 1 aromatic carbocycles. The van der Waals surface area contributed by atoms with E-state index >= 15 is 0 Å². The van der Waals surface area contributed by atoms with Crippen molar-refractivity contribution >= 4 is 22.2 Å². The van der Waals surface area contributed by atoms with Crippen LogP contribution in [0.25, 0.3) is 0 Å². The molecule has 0 saturated carbocycles. The lowest BCUT2D eigenvalue weighted by atomic mass is 10.1. The summed E-state index contributed by atoms with van der Waals surface area (Å²) in [4.78, 5) is 9.56. The molecular formula is C16H21N3S. The fraction of sp³-hybridized carbons (Fsp3) is 0.438. The number of anilines is 2. The van der Waals surface area contributed by atoms with E-state index in [1.807, 2.05) is 0 Å². The minimum Gasteiger partial charge on any atom is -0.367 e. The number of hydrogen-bond donors (Lipinski definition) is 0. The molecule has 1 saturated heterocycles. The van der Waals surface area contributed by atoms with Crippen LogP contribution >= 0.6 is 11.3 Å². The Kier molecular flexibility index (Phi) is 3.66. The highest BCUT2D eigenvalue weighted by atomic mass is 32.1. The van der Waals surface area contributed by atoms with Gasteiger partial charge < -0.3 is 9.80 Å². The first-order chi connectivity index (χ1) is 9.65. The Balaban J connectivity index is 1.75. The summed E-state index contributed by atoms with van der Waals surface area (Å²) in [5, 5.41) is 3.30. The Morgan fingerprint density at radius 2 is 2.00 bits per heavy atom. The molecule has 2 aromatic rings. The van der Waals surface area contributed by atoms with Gasteiger partial charge in [0.1, 0.15) is 0 Å². The molecule has 0 radical (unpaired) electrons. The third-order valence-electron chi connectivity index (χ3n) is 3.94. The summed E-state index contributed by atoms with van der Waals surface area (Å²) in [6.45, 7) is 9.71. The molecule has 4 heteroatoms. The van der Waals surface area contributed by atoms with E-state index in [0.29, 0.717) is 6.04 Å². The van der Waals surface area contributed by atoms with Crippen molar-refractivity contribution in [1.29, 1.82) is 0 Å². The third kappa shape index (κ3) is 2.52. The first-order valence-electron chi connectivity index (χ1n) is 7.14. The molecule has 1 atom stereocenters. The number of para-hydroxylation sites is 1. The molecule has 20 heavy (non-hydrogen) atoms. The van der Waals surface area contributed by atoms with E-state index in [1.54, 1.807) is 11.3 Å². The van der Waals surface area contributed by atoms with Gasteiger partial charge in [-0.25, -0.2) is 4.98 Å². The molecule has 3 rings (SSSR count). The van der Waals surface area contributed by atoms with Crippen LogP contribution in [-0.2, 0) is 0 Å². The molecule has 3 nitrogen and oxygen atoms in total. The zero-order valence-electron chi connectivity index (χ0n) is 12.3. The van der Waals surface area contributed by atoms with Crippen LogP contribution < -0.4 is 9.80 Å². The summed E-state index contributed by atoms with van der Waals surface area (Å²) in [6, 6.07) is 9.15. The monoisotopic (exact) mass is 287 g/mol. The number of piperazine rings is 1. The molecule has 0 spiro atoms. The Morgan fingerprint density at radius 3 is 2.65 bits per heavy atom. The highest BCUT2D eigenvalue weighted by Crippen LogP contribution is 2.27. The molecule has 1 fully saturated rings. The van der Waals surface area contributed by atoms with Crippen molar-refractivity contribution in [3.63, 3.8) is 0 Å². The molecule has 1 aliphatic rings. The summed E-state index contributed by atoms with van der Waals surface area (Å²) >= 11 is 1.76. The van der Waals surface area contributed by atoms with E-state index in [9.17, 15) is 0 Å². The Morgan fingerprint density at radius 1 is 1.20 bits per heavy atom. The second-order valence-electron chi connectivity index (χ2n) is 5.55. The largest absolute Gasteiger partial charge is 0.367 e. The second-order valence-corrected chi connectivity index (χ2v) is 6.38. The normalized spacial score (nSPS) is 19.4. The van der Waals surface area contributed by atoms with Crippen LogP contribution in [0.15, 0.2) is 29.6 Å². The Hall–Kier alpha value is -1.55. The molecular weight excluding hydrogens is 266 g/mol. The van der Waals surface area contributed by atoms with Crippen LogP contribution in [0.5, 0.6) is 0 Å². The SMILES string of the molecule is Cc1csc(N2CCN(c3ccccc3C)C[C@H]2C)n1. The molecule has 2 heterocycles. The van der Waals surface area contributed by atoms with E-state index < -0.39 is 0 Å². The maximum absolute atomic E-state index is 4.63. The lowest BCUT2D eigenvalue weighted by Crippen LogP contribution is -2.52. The van der Waals surface area contributed by atoms with Gasteiger partial charge in [0, 0.05) is 36.7 Å². The number of benzene rings is 1. The number of aryl methyl sites for hydroxylation is 2. The lowest BCUT2D eigenvalue weighted by Gasteiger charge is -2.41. The predicted octanol–water partition coefficient (Wildman–Crippen LogP) is 3.48. The fourth-order valence-corrected chi connectivity index (χ4v) is 3.78. The zero-order chi connectivity index (χ0) is 14.1. The van der Waals surface area contributed by atoms with E-state index in [2.05, 4.69) is 65.2 Å². The third-order valence-corrected chi connectivity index (χ3v) is 4.93. The topological polar surface area (TPSA) is 19.4 Å². The summed E-state index contributed by atoms with van der Waals surface area (Å²) in [6.07, 6.45) is 0. The smallest absolute Gasteiger partial charge is 0.185 e. The van der Waals surface area contributed by atoms with Crippen molar-refractivity contribution in [2.75, 3.05) is 29.4 Å². The molecule has 0 N–H and O–H groups in total. The molecule has 0 bridgehead atoms. The maximum atomic E-state index is 4.63. The van der Waals surface area contributed by atoms with E-state index in [-0.39, 0.29) is 0 Å².